The molecule has 110 valence electrons. The van der Waals surface area contributed by atoms with Gasteiger partial charge in [0.05, 0.1) is 12.1 Å². The number of carbonyl (C=O) groups is 1. The summed E-state index contributed by atoms with van der Waals surface area (Å²) in [6.07, 6.45) is 4.48. The summed E-state index contributed by atoms with van der Waals surface area (Å²) in [5.74, 6) is 0.552. The second-order valence-electron chi connectivity index (χ2n) is 5.00. The van der Waals surface area contributed by atoms with Gasteiger partial charge in [-0.15, -0.1) is 11.6 Å². The van der Waals surface area contributed by atoms with Crippen LogP contribution in [0.25, 0.3) is 0 Å². The predicted molar refractivity (Wildman–Crippen MR) is 81.6 cm³/mol. The average Bonchev–Trinajstić information content (AvgIpc) is 2.74. The monoisotopic (exact) mass is 315 g/mol. The van der Waals surface area contributed by atoms with Crippen LogP contribution in [0.2, 0.25) is 5.02 Å². The number of ether oxygens (including phenoxy) is 1. The number of alkyl halides is 1. The number of carbonyl (C=O) groups excluding carboxylic acids is 1. The number of amides is 1. The highest BCUT2D eigenvalue weighted by atomic mass is 35.5. The van der Waals surface area contributed by atoms with Gasteiger partial charge in [0.1, 0.15) is 11.1 Å². The van der Waals surface area contributed by atoms with Crippen molar-refractivity contribution in [2.45, 2.75) is 31.1 Å². The number of nitrogens with zero attached hydrogens (tertiary/aromatic N) is 1. The second-order valence-corrected chi connectivity index (χ2v) is 5.84. The van der Waals surface area contributed by atoms with E-state index >= 15 is 0 Å². The van der Waals surface area contributed by atoms with E-state index in [4.69, 9.17) is 27.9 Å². The zero-order valence-corrected chi connectivity index (χ0v) is 13.1. The summed E-state index contributed by atoms with van der Waals surface area (Å²) in [4.78, 5) is 14.3. The van der Waals surface area contributed by atoms with Gasteiger partial charge in [-0.3, -0.25) is 4.79 Å². The molecule has 1 heterocycles. The number of hydrogen-bond acceptors (Lipinski definition) is 2. The molecule has 0 saturated carbocycles. The third-order valence-electron chi connectivity index (χ3n) is 3.60. The molecule has 0 aromatic heterocycles. The number of halogens is 2. The van der Waals surface area contributed by atoms with Crippen LogP contribution in [0.3, 0.4) is 0 Å². The van der Waals surface area contributed by atoms with Crippen molar-refractivity contribution < 1.29 is 9.53 Å². The Balaban J connectivity index is 2.11. The van der Waals surface area contributed by atoms with E-state index in [0.29, 0.717) is 16.3 Å². The van der Waals surface area contributed by atoms with E-state index in [-0.39, 0.29) is 5.91 Å². The van der Waals surface area contributed by atoms with E-state index in [1.807, 2.05) is 4.90 Å². The summed E-state index contributed by atoms with van der Waals surface area (Å²) in [7, 11) is 1.56. The van der Waals surface area contributed by atoms with Crippen LogP contribution in [-0.4, -0.2) is 31.0 Å². The summed E-state index contributed by atoms with van der Waals surface area (Å²) < 4.78 is 5.10. The summed E-state index contributed by atoms with van der Waals surface area (Å²) in [6.45, 7) is 1.60. The van der Waals surface area contributed by atoms with Gasteiger partial charge >= 0.3 is 0 Å². The van der Waals surface area contributed by atoms with Crippen LogP contribution in [0.4, 0.5) is 0 Å². The third-order valence-corrected chi connectivity index (χ3v) is 4.34. The van der Waals surface area contributed by atoms with Crippen molar-refractivity contribution in [1.29, 1.82) is 0 Å². The van der Waals surface area contributed by atoms with Gasteiger partial charge in [0.2, 0.25) is 5.91 Å². The lowest BCUT2D eigenvalue weighted by Gasteiger charge is -2.23. The largest absolute Gasteiger partial charge is 0.495 e. The Hall–Kier alpha value is -0.930. The Kier molecular flexibility index (Phi) is 5.55. The summed E-state index contributed by atoms with van der Waals surface area (Å²) >= 11 is 12.4. The average molecular weight is 316 g/mol. The molecule has 0 bridgehead atoms. The minimum Gasteiger partial charge on any atom is -0.495 e. The van der Waals surface area contributed by atoms with Crippen LogP contribution in [-0.2, 0) is 4.79 Å². The molecule has 1 aliphatic rings. The SMILES string of the molecule is COc1ccc(C(Cl)C(=O)N2CCCCCC2)cc1Cl. The second kappa shape index (κ2) is 7.19. The van der Waals surface area contributed by atoms with Crippen LogP contribution >= 0.6 is 23.2 Å². The first-order valence-corrected chi connectivity index (χ1v) is 7.71. The van der Waals surface area contributed by atoms with E-state index in [9.17, 15) is 4.79 Å². The minimum absolute atomic E-state index is 0.0326. The van der Waals surface area contributed by atoms with E-state index in [0.717, 1.165) is 25.9 Å². The van der Waals surface area contributed by atoms with Crippen molar-refractivity contribution >= 4 is 29.1 Å². The van der Waals surface area contributed by atoms with Gasteiger partial charge in [0, 0.05) is 13.1 Å². The minimum atomic E-state index is -0.684. The summed E-state index contributed by atoms with van der Waals surface area (Å²) in [5, 5.41) is -0.212. The maximum absolute atomic E-state index is 12.4. The number of methoxy groups -OCH3 is 1. The van der Waals surface area contributed by atoms with Gasteiger partial charge in [-0.25, -0.2) is 0 Å². The van der Waals surface area contributed by atoms with Crippen molar-refractivity contribution in [1.82, 2.24) is 4.90 Å². The third kappa shape index (κ3) is 3.58. The van der Waals surface area contributed by atoms with Crippen LogP contribution < -0.4 is 4.74 Å². The Morgan fingerprint density at radius 1 is 1.25 bits per heavy atom. The Bertz CT molecular complexity index is 471. The molecule has 20 heavy (non-hydrogen) atoms. The molecular weight excluding hydrogens is 297 g/mol. The number of likely N-dealkylation sites (tertiary alicyclic amines) is 1. The van der Waals surface area contributed by atoms with Crippen LogP contribution in [0.5, 0.6) is 5.75 Å². The number of hydrogen-bond donors (Lipinski definition) is 0. The summed E-state index contributed by atoms with van der Waals surface area (Å²) in [5.41, 5.74) is 0.715. The normalized spacial score (nSPS) is 17.4. The number of rotatable bonds is 3. The van der Waals surface area contributed by atoms with Gasteiger partial charge in [0.15, 0.2) is 0 Å². The van der Waals surface area contributed by atoms with Crippen LogP contribution in [0, 0.1) is 0 Å². The molecule has 0 spiro atoms. The van der Waals surface area contributed by atoms with E-state index in [2.05, 4.69) is 0 Å². The fraction of sp³-hybridized carbons (Fsp3) is 0.533. The lowest BCUT2D eigenvalue weighted by atomic mass is 10.1. The van der Waals surface area contributed by atoms with Gasteiger partial charge in [-0.1, -0.05) is 30.5 Å². The Labute approximate surface area is 129 Å². The highest BCUT2D eigenvalue weighted by molar-refractivity contribution is 6.33. The van der Waals surface area contributed by atoms with Gasteiger partial charge < -0.3 is 9.64 Å². The van der Waals surface area contributed by atoms with Crippen molar-refractivity contribution in [2.75, 3.05) is 20.2 Å². The van der Waals surface area contributed by atoms with E-state index in [1.54, 1.807) is 25.3 Å². The molecule has 3 nitrogen and oxygen atoms in total. The standard InChI is InChI=1S/C15H19Cl2NO2/c1-20-13-7-6-11(10-12(13)16)14(17)15(19)18-8-4-2-3-5-9-18/h6-7,10,14H,2-5,8-9H2,1H3. The molecule has 1 amide bonds. The van der Waals surface area contributed by atoms with Crippen molar-refractivity contribution in [3.63, 3.8) is 0 Å². The smallest absolute Gasteiger partial charge is 0.245 e. The fourth-order valence-electron chi connectivity index (χ4n) is 2.43. The topological polar surface area (TPSA) is 29.5 Å². The lowest BCUT2D eigenvalue weighted by molar-refractivity contribution is -0.130. The molecule has 2 rings (SSSR count). The first kappa shape index (κ1) is 15.5. The first-order valence-electron chi connectivity index (χ1n) is 6.90. The molecule has 1 fully saturated rings. The lowest BCUT2D eigenvalue weighted by Crippen LogP contribution is -2.34. The van der Waals surface area contributed by atoms with Gasteiger partial charge in [-0.2, -0.15) is 0 Å². The first-order chi connectivity index (χ1) is 9.63. The van der Waals surface area contributed by atoms with Crippen LogP contribution in [0.15, 0.2) is 18.2 Å². The van der Waals surface area contributed by atoms with E-state index in [1.165, 1.54) is 12.8 Å². The Morgan fingerprint density at radius 3 is 2.45 bits per heavy atom. The van der Waals surface area contributed by atoms with Crippen LogP contribution in [0.1, 0.15) is 36.6 Å². The van der Waals surface area contributed by atoms with Gasteiger partial charge in [0.25, 0.3) is 0 Å². The molecule has 0 aliphatic carbocycles. The maximum Gasteiger partial charge on any atom is 0.245 e. The molecule has 0 radical (unpaired) electrons. The summed E-state index contributed by atoms with van der Waals surface area (Å²) in [6, 6.07) is 5.23. The molecular formula is C15H19Cl2NO2. The molecule has 1 aromatic rings. The zero-order valence-electron chi connectivity index (χ0n) is 11.6. The predicted octanol–water partition coefficient (Wildman–Crippen LogP) is 4.03. The zero-order chi connectivity index (χ0) is 14.5. The van der Waals surface area contributed by atoms with Gasteiger partial charge in [-0.05, 0) is 30.5 Å². The fourth-order valence-corrected chi connectivity index (χ4v) is 2.97. The molecule has 1 unspecified atom stereocenters. The van der Waals surface area contributed by atoms with Crippen molar-refractivity contribution in [2.24, 2.45) is 0 Å². The molecule has 1 saturated heterocycles. The van der Waals surface area contributed by atoms with Crippen molar-refractivity contribution in [3.05, 3.63) is 28.8 Å². The Morgan fingerprint density at radius 2 is 1.90 bits per heavy atom. The van der Waals surface area contributed by atoms with Crippen molar-refractivity contribution in [3.8, 4) is 5.75 Å². The molecule has 1 atom stereocenters. The van der Waals surface area contributed by atoms with E-state index < -0.39 is 5.38 Å². The number of benzene rings is 1. The molecule has 1 aromatic carbocycles. The quantitative estimate of drug-likeness (QED) is 0.788. The molecule has 1 aliphatic heterocycles. The highest BCUT2D eigenvalue weighted by Gasteiger charge is 2.25. The maximum atomic E-state index is 12.4. The highest BCUT2D eigenvalue weighted by Crippen LogP contribution is 2.31. The molecule has 5 heteroatoms. The molecule has 0 N–H and O–H groups in total.